The minimum Gasteiger partial charge on any atom is -0.463 e. The third kappa shape index (κ3) is 2.65. The first-order valence-electron chi connectivity index (χ1n) is 7.14. The quantitative estimate of drug-likeness (QED) is 0.569. The molecule has 0 fully saturated rings. The fourth-order valence-electron chi connectivity index (χ4n) is 2.52. The Morgan fingerprint density at radius 1 is 1.27 bits per heavy atom. The van der Waals surface area contributed by atoms with Gasteiger partial charge in [0.2, 0.25) is 0 Å². The molecule has 0 aliphatic rings. The highest BCUT2D eigenvalue weighted by atomic mass is 16.3. The molecular formula is C17H17N3O2. The lowest BCUT2D eigenvalue weighted by Gasteiger charge is -2.06. The van der Waals surface area contributed by atoms with E-state index in [0.29, 0.717) is 11.5 Å². The molecule has 2 heterocycles. The van der Waals surface area contributed by atoms with Gasteiger partial charge in [-0.1, -0.05) is 32.0 Å². The third-order valence-corrected chi connectivity index (χ3v) is 3.45. The maximum atomic E-state index is 12.4. The number of hydrogen-bond acceptors (Lipinski definition) is 3. The summed E-state index contributed by atoms with van der Waals surface area (Å²) >= 11 is 0. The van der Waals surface area contributed by atoms with Crippen LogP contribution in [0.5, 0.6) is 0 Å². The van der Waals surface area contributed by atoms with Gasteiger partial charge in [0.25, 0.3) is 5.91 Å². The van der Waals surface area contributed by atoms with Gasteiger partial charge in [0.1, 0.15) is 11.5 Å². The van der Waals surface area contributed by atoms with Crippen LogP contribution in [0.25, 0.3) is 10.9 Å². The van der Waals surface area contributed by atoms with Crippen LogP contribution in [-0.2, 0) is 0 Å². The Morgan fingerprint density at radius 2 is 2.09 bits per heavy atom. The molecule has 5 nitrogen and oxygen atoms in total. The third-order valence-electron chi connectivity index (χ3n) is 3.45. The summed E-state index contributed by atoms with van der Waals surface area (Å²) in [6, 6.07) is 11.4. The van der Waals surface area contributed by atoms with Crippen LogP contribution in [0.1, 0.15) is 41.6 Å². The Bertz CT molecular complexity index is 814. The van der Waals surface area contributed by atoms with Crippen molar-refractivity contribution in [3.63, 3.8) is 0 Å². The first-order valence-corrected chi connectivity index (χ1v) is 7.14. The summed E-state index contributed by atoms with van der Waals surface area (Å²) in [7, 11) is 0. The van der Waals surface area contributed by atoms with E-state index in [9.17, 15) is 4.79 Å². The van der Waals surface area contributed by atoms with E-state index in [1.807, 2.05) is 24.3 Å². The number of rotatable bonds is 4. The van der Waals surface area contributed by atoms with Gasteiger partial charge < -0.3 is 9.40 Å². The predicted octanol–water partition coefficient (Wildman–Crippen LogP) is 3.65. The Kier molecular flexibility index (Phi) is 3.78. The van der Waals surface area contributed by atoms with Gasteiger partial charge >= 0.3 is 0 Å². The van der Waals surface area contributed by atoms with Crippen LogP contribution < -0.4 is 5.43 Å². The molecule has 3 rings (SSSR count). The van der Waals surface area contributed by atoms with Gasteiger partial charge in [-0.15, -0.1) is 0 Å². The molecule has 1 amide bonds. The molecule has 0 bridgehead atoms. The number of hydrogen-bond donors (Lipinski definition) is 2. The number of aromatic nitrogens is 1. The maximum absolute atomic E-state index is 12.4. The number of H-pyrrole nitrogens is 1. The molecule has 0 spiro atoms. The van der Waals surface area contributed by atoms with Gasteiger partial charge in [0.15, 0.2) is 0 Å². The summed E-state index contributed by atoms with van der Waals surface area (Å²) in [5.41, 5.74) is 5.03. The van der Waals surface area contributed by atoms with Crippen LogP contribution in [0.15, 0.2) is 52.2 Å². The Labute approximate surface area is 128 Å². The highest BCUT2D eigenvalue weighted by molar-refractivity contribution is 6.01. The molecule has 2 aromatic heterocycles. The van der Waals surface area contributed by atoms with Gasteiger partial charge in [0.05, 0.1) is 12.5 Å². The largest absolute Gasteiger partial charge is 0.463 e. The van der Waals surface area contributed by atoms with Crippen molar-refractivity contribution in [3.05, 3.63) is 59.7 Å². The average Bonchev–Trinajstić information content (AvgIpc) is 3.13. The van der Waals surface area contributed by atoms with Gasteiger partial charge in [0, 0.05) is 10.9 Å². The van der Waals surface area contributed by atoms with Crippen LogP contribution in [-0.4, -0.2) is 17.1 Å². The monoisotopic (exact) mass is 295 g/mol. The summed E-state index contributed by atoms with van der Waals surface area (Å²) in [5.74, 6) is 0.551. The predicted molar refractivity (Wildman–Crippen MR) is 86.2 cm³/mol. The van der Waals surface area contributed by atoms with E-state index < -0.39 is 0 Å². The fourth-order valence-corrected chi connectivity index (χ4v) is 2.52. The van der Waals surface area contributed by atoms with Crippen molar-refractivity contribution in [1.29, 1.82) is 0 Å². The topological polar surface area (TPSA) is 70.4 Å². The Balaban J connectivity index is 1.88. The molecule has 0 saturated carbocycles. The van der Waals surface area contributed by atoms with E-state index in [1.54, 1.807) is 18.4 Å². The zero-order chi connectivity index (χ0) is 15.5. The molecule has 3 aromatic rings. The SMILES string of the molecule is CC(C)c1c(C(=O)NN=Cc2ccco2)[nH]c2ccccc12. The van der Waals surface area contributed by atoms with Gasteiger partial charge in [-0.05, 0) is 29.7 Å². The number of carbonyl (C=O) groups is 1. The van der Waals surface area contributed by atoms with Crippen molar-refractivity contribution >= 4 is 23.0 Å². The fraction of sp³-hybridized carbons (Fsp3) is 0.176. The molecule has 0 aliphatic heterocycles. The van der Waals surface area contributed by atoms with E-state index in [4.69, 9.17) is 4.42 Å². The highest BCUT2D eigenvalue weighted by Crippen LogP contribution is 2.28. The smallest absolute Gasteiger partial charge is 0.288 e. The molecule has 1 aromatic carbocycles. The second kappa shape index (κ2) is 5.89. The van der Waals surface area contributed by atoms with E-state index in [-0.39, 0.29) is 11.8 Å². The number of furan rings is 1. The molecular weight excluding hydrogens is 278 g/mol. The van der Waals surface area contributed by atoms with Crippen LogP contribution in [0, 0.1) is 0 Å². The van der Waals surface area contributed by atoms with Crippen LogP contribution in [0.3, 0.4) is 0 Å². The lowest BCUT2D eigenvalue weighted by molar-refractivity contribution is 0.0949. The molecule has 0 unspecified atom stereocenters. The second-order valence-corrected chi connectivity index (χ2v) is 5.33. The van der Waals surface area contributed by atoms with Crippen LogP contribution in [0.4, 0.5) is 0 Å². The Morgan fingerprint density at radius 3 is 2.82 bits per heavy atom. The van der Waals surface area contributed by atoms with Crippen molar-refractivity contribution in [1.82, 2.24) is 10.4 Å². The minimum atomic E-state index is -0.261. The van der Waals surface area contributed by atoms with Crippen molar-refractivity contribution in [3.8, 4) is 0 Å². The Hall–Kier alpha value is -2.82. The van der Waals surface area contributed by atoms with E-state index in [1.165, 1.54) is 6.21 Å². The van der Waals surface area contributed by atoms with Gasteiger partial charge in [-0.25, -0.2) is 5.43 Å². The lowest BCUT2D eigenvalue weighted by atomic mass is 9.99. The van der Waals surface area contributed by atoms with Crippen LogP contribution >= 0.6 is 0 Å². The minimum absolute atomic E-state index is 0.228. The molecule has 0 aliphatic carbocycles. The van der Waals surface area contributed by atoms with E-state index >= 15 is 0 Å². The number of fused-ring (bicyclic) bond motifs is 1. The number of para-hydroxylation sites is 1. The molecule has 2 N–H and O–H groups in total. The molecule has 0 saturated heterocycles. The first-order chi connectivity index (χ1) is 10.7. The molecule has 112 valence electrons. The summed E-state index contributed by atoms with van der Waals surface area (Å²) in [4.78, 5) is 15.6. The summed E-state index contributed by atoms with van der Waals surface area (Å²) in [6.07, 6.45) is 3.02. The van der Waals surface area contributed by atoms with Crippen molar-refractivity contribution < 1.29 is 9.21 Å². The molecule has 0 radical (unpaired) electrons. The highest BCUT2D eigenvalue weighted by Gasteiger charge is 2.19. The number of benzene rings is 1. The van der Waals surface area contributed by atoms with Gasteiger partial charge in [-0.2, -0.15) is 5.10 Å². The van der Waals surface area contributed by atoms with E-state index in [0.717, 1.165) is 16.5 Å². The standard InChI is InChI=1S/C17H17N3O2/c1-11(2)15-13-7-3-4-8-14(13)19-16(15)17(21)20-18-10-12-6-5-9-22-12/h3-11,19H,1-2H3,(H,20,21). The number of carbonyl (C=O) groups excluding carboxylic acids is 1. The summed E-state index contributed by atoms with van der Waals surface area (Å²) < 4.78 is 5.12. The molecule has 0 atom stereocenters. The van der Waals surface area contributed by atoms with Crippen molar-refractivity contribution in [2.45, 2.75) is 19.8 Å². The summed E-state index contributed by atoms with van der Waals surface area (Å²) in [5, 5.41) is 4.99. The van der Waals surface area contributed by atoms with E-state index in [2.05, 4.69) is 29.4 Å². The summed E-state index contributed by atoms with van der Waals surface area (Å²) in [6.45, 7) is 4.14. The lowest BCUT2D eigenvalue weighted by Crippen LogP contribution is -2.19. The number of aromatic amines is 1. The zero-order valence-electron chi connectivity index (χ0n) is 12.5. The average molecular weight is 295 g/mol. The first kappa shape index (κ1) is 14.1. The van der Waals surface area contributed by atoms with Gasteiger partial charge in [-0.3, -0.25) is 4.79 Å². The maximum Gasteiger partial charge on any atom is 0.288 e. The van der Waals surface area contributed by atoms with Crippen molar-refractivity contribution in [2.24, 2.45) is 5.10 Å². The number of nitrogens with zero attached hydrogens (tertiary/aromatic N) is 1. The van der Waals surface area contributed by atoms with Crippen LogP contribution in [0.2, 0.25) is 0 Å². The second-order valence-electron chi connectivity index (χ2n) is 5.33. The molecule has 5 heteroatoms. The number of hydrazone groups is 1. The number of amides is 1. The zero-order valence-corrected chi connectivity index (χ0v) is 12.5. The number of nitrogens with one attached hydrogen (secondary N) is 2. The van der Waals surface area contributed by atoms with Crippen molar-refractivity contribution in [2.75, 3.05) is 0 Å². The normalized spacial score (nSPS) is 11.6. The molecule has 22 heavy (non-hydrogen) atoms.